The fourth-order valence-corrected chi connectivity index (χ4v) is 1.55. The van der Waals surface area contributed by atoms with E-state index in [2.05, 4.69) is 12.1 Å². The molecule has 0 saturated heterocycles. The SMILES string of the molecule is ClC([C]1CC1)c1ccccc1. The molecule has 57 valence electrons. The summed E-state index contributed by atoms with van der Waals surface area (Å²) in [5, 5.41) is 0.177. The molecule has 1 aromatic rings. The number of hydrogen-bond donors (Lipinski definition) is 0. The summed E-state index contributed by atoms with van der Waals surface area (Å²) in [4.78, 5) is 0. The zero-order valence-electron chi connectivity index (χ0n) is 6.26. The van der Waals surface area contributed by atoms with Gasteiger partial charge in [-0.05, 0) is 24.3 Å². The monoisotopic (exact) mass is 165 g/mol. The molecule has 11 heavy (non-hydrogen) atoms. The molecule has 0 amide bonds. The number of alkyl halides is 1. The Labute approximate surface area is 72.2 Å². The number of benzene rings is 1. The van der Waals surface area contributed by atoms with E-state index in [0.29, 0.717) is 0 Å². The molecule has 1 aliphatic rings. The predicted octanol–water partition coefficient (Wildman–Crippen LogP) is 3.33. The summed E-state index contributed by atoms with van der Waals surface area (Å²) in [6, 6.07) is 10.3. The molecule has 1 aliphatic carbocycles. The van der Waals surface area contributed by atoms with Crippen molar-refractivity contribution in [3.8, 4) is 0 Å². The molecule has 0 aromatic heterocycles. The lowest BCUT2D eigenvalue weighted by Gasteiger charge is -2.05. The number of hydrogen-bond acceptors (Lipinski definition) is 0. The van der Waals surface area contributed by atoms with Gasteiger partial charge in [-0.1, -0.05) is 30.3 Å². The molecule has 1 heteroatoms. The van der Waals surface area contributed by atoms with Crippen molar-refractivity contribution in [2.24, 2.45) is 0 Å². The first-order valence-corrected chi connectivity index (χ1v) is 4.35. The van der Waals surface area contributed by atoms with Crippen LogP contribution < -0.4 is 0 Å². The van der Waals surface area contributed by atoms with Crippen molar-refractivity contribution >= 4 is 11.6 Å². The van der Waals surface area contributed by atoms with Crippen LogP contribution >= 0.6 is 11.6 Å². The van der Waals surface area contributed by atoms with Crippen molar-refractivity contribution in [1.29, 1.82) is 0 Å². The van der Waals surface area contributed by atoms with E-state index in [1.807, 2.05) is 18.2 Å². The molecule has 1 aromatic carbocycles. The smallest absolute Gasteiger partial charge is 0.0647 e. The summed E-state index contributed by atoms with van der Waals surface area (Å²) in [6.07, 6.45) is 2.45. The summed E-state index contributed by atoms with van der Waals surface area (Å²) >= 11 is 6.17. The normalized spacial score (nSPS) is 19.7. The van der Waals surface area contributed by atoms with E-state index < -0.39 is 0 Å². The van der Waals surface area contributed by atoms with Gasteiger partial charge in [-0.15, -0.1) is 11.6 Å². The van der Waals surface area contributed by atoms with Crippen LogP contribution in [0.3, 0.4) is 0 Å². The highest BCUT2D eigenvalue weighted by molar-refractivity contribution is 6.22. The first kappa shape index (κ1) is 7.17. The molecule has 1 saturated carbocycles. The third-order valence-corrected chi connectivity index (χ3v) is 2.55. The summed E-state index contributed by atoms with van der Waals surface area (Å²) in [7, 11) is 0. The molecule has 1 fully saturated rings. The molecule has 1 radical (unpaired) electrons. The van der Waals surface area contributed by atoms with Crippen molar-refractivity contribution in [3.63, 3.8) is 0 Å². The molecule has 1 atom stereocenters. The molecular weight excluding hydrogens is 156 g/mol. The van der Waals surface area contributed by atoms with Crippen LogP contribution in [0.1, 0.15) is 23.8 Å². The van der Waals surface area contributed by atoms with E-state index in [4.69, 9.17) is 11.6 Å². The van der Waals surface area contributed by atoms with E-state index in [1.54, 1.807) is 0 Å². The fourth-order valence-electron chi connectivity index (χ4n) is 1.18. The third-order valence-electron chi connectivity index (χ3n) is 1.99. The zero-order chi connectivity index (χ0) is 7.68. The van der Waals surface area contributed by atoms with Gasteiger partial charge in [0.2, 0.25) is 0 Å². The lowest BCUT2D eigenvalue weighted by molar-refractivity contribution is 1.06. The minimum Gasteiger partial charge on any atom is -0.117 e. The highest BCUT2D eigenvalue weighted by atomic mass is 35.5. The topological polar surface area (TPSA) is 0 Å². The lowest BCUT2D eigenvalue weighted by Crippen LogP contribution is -1.89. The van der Waals surface area contributed by atoms with E-state index in [0.717, 1.165) is 0 Å². The Balaban J connectivity index is 2.15. The Kier molecular flexibility index (Phi) is 1.87. The van der Waals surface area contributed by atoms with Gasteiger partial charge in [0, 0.05) is 0 Å². The molecule has 2 rings (SSSR count). The largest absolute Gasteiger partial charge is 0.117 e. The van der Waals surface area contributed by atoms with Crippen LogP contribution in [0.25, 0.3) is 0 Å². The minimum atomic E-state index is 0.177. The highest BCUT2D eigenvalue weighted by Crippen LogP contribution is 2.46. The average molecular weight is 166 g/mol. The first-order chi connectivity index (χ1) is 5.38. The number of halogens is 1. The lowest BCUT2D eigenvalue weighted by atomic mass is 10.1. The van der Waals surface area contributed by atoms with E-state index >= 15 is 0 Å². The molecule has 0 aliphatic heterocycles. The van der Waals surface area contributed by atoms with Gasteiger partial charge in [0.1, 0.15) is 0 Å². The molecular formula is C10H10Cl. The standard InChI is InChI=1S/C10H10Cl/c11-10(9-6-7-9)8-4-2-1-3-5-8/h1-5,10H,6-7H2. The third kappa shape index (κ3) is 1.57. The molecule has 0 spiro atoms. The Morgan fingerprint density at radius 2 is 1.73 bits per heavy atom. The van der Waals surface area contributed by atoms with Crippen LogP contribution in [0.4, 0.5) is 0 Å². The van der Waals surface area contributed by atoms with Gasteiger partial charge in [0.15, 0.2) is 0 Å². The Hall–Kier alpha value is -0.490. The van der Waals surface area contributed by atoms with Crippen LogP contribution in [0, 0.1) is 5.92 Å². The quantitative estimate of drug-likeness (QED) is 0.590. The summed E-state index contributed by atoms with van der Waals surface area (Å²) in [6.45, 7) is 0. The second-order valence-corrected chi connectivity index (χ2v) is 3.37. The summed E-state index contributed by atoms with van der Waals surface area (Å²) in [5.74, 6) is 1.48. The molecule has 0 heterocycles. The van der Waals surface area contributed by atoms with Gasteiger partial charge in [-0.25, -0.2) is 0 Å². The average Bonchev–Trinajstić information content (AvgIpc) is 2.87. The van der Waals surface area contributed by atoms with Crippen molar-refractivity contribution < 1.29 is 0 Å². The second-order valence-electron chi connectivity index (χ2n) is 2.93. The van der Waals surface area contributed by atoms with Gasteiger partial charge < -0.3 is 0 Å². The van der Waals surface area contributed by atoms with Gasteiger partial charge >= 0.3 is 0 Å². The molecule has 0 bridgehead atoms. The van der Waals surface area contributed by atoms with Crippen LogP contribution in [-0.4, -0.2) is 0 Å². The predicted molar refractivity (Wildman–Crippen MR) is 47.5 cm³/mol. The van der Waals surface area contributed by atoms with Crippen molar-refractivity contribution in [3.05, 3.63) is 41.8 Å². The highest BCUT2D eigenvalue weighted by Gasteiger charge is 2.31. The Morgan fingerprint density at radius 1 is 1.09 bits per heavy atom. The van der Waals surface area contributed by atoms with E-state index in [1.165, 1.54) is 24.3 Å². The van der Waals surface area contributed by atoms with Gasteiger partial charge in [-0.2, -0.15) is 0 Å². The fraction of sp³-hybridized carbons (Fsp3) is 0.300. The van der Waals surface area contributed by atoms with Gasteiger partial charge in [0.25, 0.3) is 0 Å². The Bertz CT molecular complexity index is 226. The maximum Gasteiger partial charge on any atom is 0.0647 e. The maximum atomic E-state index is 6.17. The Morgan fingerprint density at radius 3 is 2.27 bits per heavy atom. The molecule has 0 nitrogen and oxygen atoms in total. The molecule has 1 unspecified atom stereocenters. The van der Waals surface area contributed by atoms with E-state index in [9.17, 15) is 0 Å². The van der Waals surface area contributed by atoms with Crippen LogP contribution in [-0.2, 0) is 0 Å². The summed E-state index contributed by atoms with van der Waals surface area (Å²) < 4.78 is 0. The summed E-state index contributed by atoms with van der Waals surface area (Å²) in [5.41, 5.74) is 1.24. The molecule has 0 N–H and O–H groups in total. The van der Waals surface area contributed by atoms with Gasteiger partial charge in [-0.3, -0.25) is 0 Å². The van der Waals surface area contributed by atoms with Crippen molar-refractivity contribution in [1.82, 2.24) is 0 Å². The van der Waals surface area contributed by atoms with Crippen molar-refractivity contribution in [2.45, 2.75) is 18.2 Å². The second kappa shape index (κ2) is 2.86. The van der Waals surface area contributed by atoms with Crippen molar-refractivity contribution in [2.75, 3.05) is 0 Å². The first-order valence-electron chi connectivity index (χ1n) is 3.91. The van der Waals surface area contributed by atoms with Crippen LogP contribution in [0.15, 0.2) is 30.3 Å². The van der Waals surface area contributed by atoms with E-state index in [-0.39, 0.29) is 5.38 Å². The number of rotatable bonds is 2. The minimum absolute atomic E-state index is 0.177. The van der Waals surface area contributed by atoms with Crippen LogP contribution in [0.2, 0.25) is 0 Å². The zero-order valence-corrected chi connectivity index (χ0v) is 7.01. The van der Waals surface area contributed by atoms with Crippen LogP contribution in [0.5, 0.6) is 0 Å². The maximum absolute atomic E-state index is 6.17. The van der Waals surface area contributed by atoms with Gasteiger partial charge in [0.05, 0.1) is 5.38 Å².